The standard InChI is InChI=1S/C24H29N5O.HI/c1-25-24(26-13-12-19-16-27-22-11-3-2-10-21(19)22)28-15-17-6-4-9-20(14-17)29-23(30)18-7-5-8-18;/h2-4,6,9-11,14,16,18,27H,5,7-8,12-13,15H2,1H3,(H,29,30)(H2,25,26,28);1H. The number of amides is 1. The number of hydrogen-bond acceptors (Lipinski definition) is 2. The van der Waals surface area contributed by atoms with Crippen LogP contribution in [0.5, 0.6) is 0 Å². The number of para-hydroxylation sites is 1. The lowest BCUT2D eigenvalue weighted by Crippen LogP contribution is -2.37. The molecule has 1 heterocycles. The van der Waals surface area contributed by atoms with Gasteiger partial charge in [-0.3, -0.25) is 9.79 Å². The number of fused-ring (bicyclic) bond motifs is 1. The van der Waals surface area contributed by atoms with Crippen molar-refractivity contribution in [2.24, 2.45) is 10.9 Å². The Morgan fingerprint density at radius 2 is 1.97 bits per heavy atom. The van der Waals surface area contributed by atoms with E-state index in [0.29, 0.717) is 6.54 Å². The largest absolute Gasteiger partial charge is 0.361 e. The van der Waals surface area contributed by atoms with Gasteiger partial charge in [0.2, 0.25) is 5.91 Å². The molecule has 0 bridgehead atoms. The smallest absolute Gasteiger partial charge is 0.227 e. The Kier molecular flexibility index (Phi) is 8.34. The fourth-order valence-corrected chi connectivity index (χ4v) is 3.73. The second kappa shape index (κ2) is 11.2. The van der Waals surface area contributed by atoms with Crippen LogP contribution in [0.1, 0.15) is 30.4 Å². The van der Waals surface area contributed by atoms with Crippen LogP contribution in [0, 0.1) is 5.92 Å². The van der Waals surface area contributed by atoms with Gasteiger partial charge in [-0.2, -0.15) is 0 Å². The molecule has 0 radical (unpaired) electrons. The minimum Gasteiger partial charge on any atom is -0.361 e. The molecule has 3 aromatic rings. The monoisotopic (exact) mass is 531 g/mol. The number of aromatic amines is 1. The number of halogens is 1. The first-order chi connectivity index (χ1) is 14.7. The van der Waals surface area contributed by atoms with E-state index in [2.05, 4.69) is 50.3 Å². The number of hydrogen-bond donors (Lipinski definition) is 4. The molecular weight excluding hydrogens is 501 g/mol. The van der Waals surface area contributed by atoms with Crippen LogP contribution in [0.4, 0.5) is 5.69 Å². The normalized spacial score (nSPS) is 13.9. The maximum absolute atomic E-state index is 12.2. The highest BCUT2D eigenvalue weighted by molar-refractivity contribution is 14.0. The third kappa shape index (κ3) is 6.00. The molecule has 1 fully saturated rings. The second-order valence-electron chi connectivity index (χ2n) is 7.78. The predicted molar refractivity (Wildman–Crippen MR) is 138 cm³/mol. The first-order valence-corrected chi connectivity index (χ1v) is 10.6. The van der Waals surface area contributed by atoms with Crippen molar-refractivity contribution in [1.29, 1.82) is 0 Å². The SMILES string of the molecule is CN=C(NCCc1c[nH]c2ccccc12)NCc1cccc(NC(=O)C2CCC2)c1.I. The van der Waals surface area contributed by atoms with Crippen LogP contribution in [0.25, 0.3) is 10.9 Å². The van der Waals surface area contributed by atoms with Crippen LogP contribution in [-0.2, 0) is 17.8 Å². The summed E-state index contributed by atoms with van der Waals surface area (Å²) in [6.07, 6.45) is 6.16. The number of anilines is 1. The Hall–Kier alpha value is -2.55. The van der Waals surface area contributed by atoms with Gasteiger partial charge in [-0.15, -0.1) is 24.0 Å². The van der Waals surface area contributed by atoms with Crippen LogP contribution in [0.2, 0.25) is 0 Å². The molecule has 0 spiro atoms. The van der Waals surface area contributed by atoms with E-state index in [1.54, 1.807) is 7.05 Å². The molecule has 0 atom stereocenters. The molecule has 0 aliphatic heterocycles. The number of guanidine groups is 1. The number of carbonyl (C=O) groups excluding carboxylic acids is 1. The number of carbonyl (C=O) groups is 1. The van der Waals surface area contributed by atoms with Crippen molar-refractivity contribution in [3.05, 3.63) is 65.9 Å². The highest BCUT2D eigenvalue weighted by Gasteiger charge is 2.25. The van der Waals surface area contributed by atoms with E-state index in [9.17, 15) is 4.79 Å². The average Bonchev–Trinajstić information content (AvgIpc) is 3.12. The van der Waals surface area contributed by atoms with Gasteiger partial charge in [0.05, 0.1) is 0 Å². The number of benzene rings is 2. The minimum absolute atomic E-state index is 0. The highest BCUT2D eigenvalue weighted by Crippen LogP contribution is 2.27. The number of aromatic nitrogens is 1. The van der Waals surface area contributed by atoms with Gasteiger partial charge in [0.1, 0.15) is 0 Å². The van der Waals surface area contributed by atoms with Gasteiger partial charge in [-0.25, -0.2) is 0 Å². The number of aliphatic imine (C=N–C) groups is 1. The van der Waals surface area contributed by atoms with Gasteiger partial charge < -0.3 is 20.9 Å². The van der Waals surface area contributed by atoms with Crippen molar-refractivity contribution in [2.75, 3.05) is 18.9 Å². The van der Waals surface area contributed by atoms with Crippen LogP contribution < -0.4 is 16.0 Å². The van der Waals surface area contributed by atoms with Crippen LogP contribution in [-0.4, -0.2) is 30.4 Å². The lowest BCUT2D eigenvalue weighted by molar-refractivity contribution is -0.122. The molecule has 4 rings (SSSR count). The van der Waals surface area contributed by atoms with Gasteiger partial charge in [0, 0.05) is 48.8 Å². The summed E-state index contributed by atoms with van der Waals surface area (Å²) in [6, 6.07) is 16.3. The van der Waals surface area contributed by atoms with E-state index in [1.807, 2.05) is 30.3 Å². The second-order valence-corrected chi connectivity index (χ2v) is 7.78. The maximum atomic E-state index is 12.2. The van der Waals surface area contributed by atoms with Crippen molar-refractivity contribution in [1.82, 2.24) is 15.6 Å². The van der Waals surface area contributed by atoms with E-state index in [1.165, 1.54) is 16.5 Å². The van der Waals surface area contributed by atoms with Crippen molar-refractivity contribution >= 4 is 52.4 Å². The fourth-order valence-electron chi connectivity index (χ4n) is 3.73. The van der Waals surface area contributed by atoms with Crippen molar-refractivity contribution in [3.8, 4) is 0 Å². The molecule has 1 saturated carbocycles. The zero-order valence-electron chi connectivity index (χ0n) is 17.8. The Bertz CT molecular complexity index is 1040. The lowest BCUT2D eigenvalue weighted by atomic mass is 9.85. The van der Waals surface area contributed by atoms with Crippen LogP contribution in [0.15, 0.2) is 59.7 Å². The number of rotatable bonds is 7. The molecule has 0 unspecified atom stereocenters. The molecule has 0 saturated heterocycles. The first kappa shape index (κ1) is 23.1. The zero-order valence-corrected chi connectivity index (χ0v) is 20.1. The first-order valence-electron chi connectivity index (χ1n) is 10.6. The molecule has 6 nitrogen and oxygen atoms in total. The summed E-state index contributed by atoms with van der Waals surface area (Å²) < 4.78 is 0. The zero-order chi connectivity index (χ0) is 20.8. The van der Waals surface area contributed by atoms with Crippen LogP contribution in [0.3, 0.4) is 0 Å². The molecule has 7 heteroatoms. The van der Waals surface area contributed by atoms with Crippen molar-refractivity contribution < 1.29 is 4.79 Å². The molecule has 164 valence electrons. The van der Waals surface area contributed by atoms with E-state index in [-0.39, 0.29) is 35.8 Å². The predicted octanol–water partition coefficient (Wildman–Crippen LogP) is 4.43. The topological polar surface area (TPSA) is 81.3 Å². The molecule has 1 aliphatic rings. The van der Waals surface area contributed by atoms with Gasteiger partial charge in [-0.05, 0) is 48.6 Å². The highest BCUT2D eigenvalue weighted by atomic mass is 127. The Morgan fingerprint density at radius 1 is 1.13 bits per heavy atom. The van der Waals surface area contributed by atoms with E-state index >= 15 is 0 Å². The Balaban J connectivity index is 0.00000272. The summed E-state index contributed by atoms with van der Waals surface area (Å²) in [5, 5.41) is 11.0. The van der Waals surface area contributed by atoms with E-state index in [4.69, 9.17) is 0 Å². The Labute approximate surface area is 200 Å². The van der Waals surface area contributed by atoms with Gasteiger partial charge >= 0.3 is 0 Å². The average molecular weight is 531 g/mol. The number of H-pyrrole nitrogens is 1. The molecular formula is C24H30IN5O. The maximum Gasteiger partial charge on any atom is 0.227 e. The summed E-state index contributed by atoms with van der Waals surface area (Å²) in [5.41, 5.74) is 4.41. The van der Waals surface area contributed by atoms with Gasteiger partial charge in [0.25, 0.3) is 0 Å². The van der Waals surface area contributed by atoms with Crippen molar-refractivity contribution in [3.63, 3.8) is 0 Å². The summed E-state index contributed by atoms with van der Waals surface area (Å²) in [4.78, 5) is 19.8. The third-order valence-electron chi connectivity index (χ3n) is 5.72. The van der Waals surface area contributed by atoms with Gasteiger partial charge in [-0.1, -0.05) is 36.8 Å². The van der Waals surface area contributed by atoms with Crippen molar-refractivity contribution in [2.45, 2.75) is 32.2 Å². The summed E-state index contributed by atoms with van der Waals surface area (Å²) in [6.45, 7) is 1.43. The molecule has 4 N–H and O–H groups in total. The van der Waals surface area contributed by atoms with E-state index < -0.39 is 0 Å². The summed E-state index contributed by atoms with van der Waals surface area (Å²) in [7, 11) is 1.77. The minimum atomic E-state index is 0. The summed E-state index contributed by atoms with van der Waals surface area (Å²) >= 11 is 0. The molecule has 1 aliphatic carbocycles. The molecule has 1 aromatic heterocycles. The van der Waals surface area contributed by atoms with E-state index in [0.717, 1.165) is 49.4 Å². The van der Waals surface area contributed by atoms with Gasteiger partial charge in [0.15, 0.2) is 5.96 Å². The van der Waals surface area contributed by atoms with Crippen LogP contribution >= 0.6 is 24.0 Å². The molecule has 2 aromatic carbocycles. The molecule has 1 amide bonds. The number of nitrogens with zero attached hydrogens (tertiary/aromatic N) is 1. The third-order valence-corrected chi connectivity index (χ3v) is 5.72. The fraction of sp³-hybridized carbons (Fsp3) is 0.333. The quantitative estimate of drug-likeness (QED) is 0.207. The summed E-state index contributed by atoms with van der Waals surface area (Å²) in [5.74, 6) is 1.09. The number of nitrogens with one attached hydrogen (secondary N) is 4. The lowest BCUT2D eigenvalue weighted by Gasteiger charge is -2.24. The molecule has 31 heavy (non-hydrogen) atoms. The Morgan fingerprint density at radius 3 is 2.74 bits per heavy atom.